The van der Waals surface area contributed by atoms with E-state index in [2.05, 4.69) is 21.3 Å². The molecule has 0 fully saturated rings. The Kier molecular flexibility index (Phi) is 14.8. The van der Waals surface area contributed by atoms with Crippen LogP contribution in [0.5, 0.6) is 0 Å². The number of ketones is 1. The van der Waals surface area contributed by atoms with Gasteiger partial charge in [-0.15, -0.1) is 0 Å². The summed E-state index contributed by atoms with van der Waals surface area (Å²) in [6.07, 6.45) is 3.06. The molecule has 0 spiro atoms. The van der Waals surface area contributed by atoms with Crippen LogP contribution in [0.4, 0.5) is 0 Å². The summed E-state index contributed by atoms with van der Waals surface area (Å²) in [5.41, 5.74) is 0. The normalized spacial score (nSPS) is 13.2. The van der Waals surface area contributed by atoms with E-state index in [9.17, 15) is 19.2 Å². The zero-order valence-electron chi connectivity index (χ0n) is 20.5. The average molecular weight is 441 g/mol. The molecule has 3 amide bonds. The van der Waals surface area contributed by atoms with E-state index >= 15 is 0 Å². The van der Waals surface area contributed by atoms with Crippen LogP contribution in [0.3, 0.4) is 0 Å². The van der Waals surface area contributed by atoms with Gasteiger partial charge in [-0.05, 0) is 31.6 Å². The van der Waals surface area contributed by atoms with Crippen molar-refractivity contribution in [1.29, 1.82) is 0 Å². The molecule has 0 aromatic heterocycles. The Labute approximate surface area is 188 Å². The fourth-order valence-corrected chi connectivity index (χ4v) is 3.17. The first-order valence-electron chi connectivity index (χ1n) is 11.6. The lowest BCUT2D eigenvalue weighted by atomic mass is 9.97. The molecule has 0 aromatic carbocycles. The van der Waals surface area contributed by atoms with Crippen LogP contribution in [-0.4, -0.2) is 54.7 Å². The van der Waals surface area contributed by atoms with Crippen LogP contribution in [0.2, 0.25) is 0 Å². The van der Waals surface area contributed by atoms with E-state index in [-0.39, 0.29) is 48.1 Å². The van der Waals surface area contributed by atoms with Gasteiger partial charge in [0.05, 0.1) is 18.6 Å². The van der Waals surface area contributed by atoms with Crippen molar-refractivity contribution in [1.82, 2.24) is 21.3 Å². The molecule has 0 aliphatic heterocycles. The minimum Gasteiger partial charge on any atom is -0.356 e. The molecule has 31 heavy (non-hydrogen) atoms. The van der Waals surface area contributed by atoms with Crippen molar-refractivity contribution in [3.63, 3.8) is 0 Å². The Morgan fingerprint density at radius 3 is 1.97 bits per heavy atom. The molecule has 0 rings (SSSR count). The Balaban J connectivity index is 4.68. The SMILES string of the molecule is CCC(=O)NCCCC[C@H](NC(=O)CNC(=O)[C@H](CC(C)C)NC(C)C)C(=O)C(C)C. The maximum Gasteiger partial charge on any atom is 0.239 e. The third-order valence-electron chi connectivity index (χ3n) is 4.79. The fraction of sp³-hybridized carbons (Fsp3) is 0.826. The number of Topliss-reactive ketones (excluding diaryl/α,β-unsaturated/α-hetero) is 1. The minimum absolute atomic E-state index is 0.00146. The van der Waals surface area contributed by atoms with E-state index in [1.165, 1.54) is 0 Å². The summed E-state index contributed by atoms with van der Waals surface area (Å²) in [5, 5.41) is 11.5. The number of nitrogens with one attached hydrogen (secondary N) is 4. The topological polar surface area (TPSA) is 116 Å². The van der Waals surface area contributed by atoms with Gasteiger partial charge in [0.1, 0.15) is 0 Å². The third kappa shape index (κ3) is 13.9. The number of carbonyl (C=O) groups is 4. The zero-order chi connectivity index (χ0) is 24.0. The zero-order valence-corrected chi connectivity index (χ0v) is 20.5. The van der Waals surface area contributed by atoms with Gasteiger partial charge in [-0.2, -0.15) is 0 Å². The summed E-state index contributed by atoms with van der Waals surface area (Å²) in [4.78, 5) is 48.7. The van der Waals surface area contributed by atoms with Crippen molar-refractivity contribution in [2.75, 3.05) is 13.1 Å². The number of hydrogen-bond donors (Lipinski definition) is 4. The molecule has 180 valence electrons. The highest BCUT2D eigenvalue weighted by molar-refractivity contribution is 5.92. The second kappa shape index (κ2) is 15.8. The molecule has 0 aromatic rings. The predicted octanol–water partition coefficient (Wildman–Crippen LogP) is 1.92. The van der Waals surface area contributed by atoms with Crippen LogP contribution in [0.1, 0.15) is 80.6 Å². The monoisotopic (exact) mass is 440 g/mol. The van der Waals surface area contributed by atoms with Crippen LogP contribution >= 0.6 is 0 Å². The maximum atomic E-state index is 12.5. The van der Waals surface area contributed by atoms with E-state index in [1.807, 2.05) is 27.7 Å². The largest absolute Gasteiger partial charge is 0.356 e. The summed E-state index contributed by atoms with van der Waals surface area (Å²) in [7, 11) is 0. The standard InChI is InChI=1S/C23H44N4O4/c1-8-20(28)24-12-10-9-11-18(22(30)16(4)5)27-21(29)14-25-23(31)19(13-15(2)3)26-17(6)7/h15-19,26H,8-14H2,1-7H3,(H,24,28)(H,25,31)(H,27,29)/t18-,19-/m0/s1. The van der Waals surface area contributed by atoms with Crippen molar-refractivity contribution in [3.05, 3.63) is 0 Å². The van der Waals surface area contributed by atoms with Gasteiger partial charge in [-0.25, -0.2) is 0 Å². The van der Waals surface area contributed by atoms with E-state index < -0.39 is 6.04 Å². The number of amides is 3. The molecule has 4 N–H and O–H groups in total. The first kappa shape index (κ1) is 29.0. The Hall–Kier alpha value is -1.96. The van der Waals surface area contributed by atoms with Crippen LogP contribution in [0, 0.1) is 11.8 Å². The van der Waals surface area contributed by atoms with Crippen LogP contribution < -0.4 is 21.3 Å². The van der Waals surface area contributed by atoms with Gasteiger partial charge in [0.15, 0.2) is 5.78 Å². The predicted molar refractivity (Wildman–Crippen MR) is 123 cm³/mol. The number of unbranched alkanes of at least 4 members (excludes halogenated alkanes) is 1. The lowest BCUT2D eigenvalue weighted by molar-refractivity contribution is -0.130. The smallest absolute Gasteiger partial charge is 0.239 e. The first-order valence-corrected chi connectivity index (χ1v) is 11.6. The van der Waals surface area contributed by atoms with E-state index in [4.69, 9.17) is 0 Å². The molecule has 0 aliphatic carbocycles. The van der Waals surface area contributed by atoms with Crippen LogP contribution in [0.15, 0.2) is 0 Å². The van der Waals surface area contributed by atoms with Crippen molar-refractivity contribution in [3.8, 4) is 0 Å². The van der Waals surface area contributed by atoms with Gasteiger partial charge in [0.25, 0.3) is 0 Å². The lowest BCUT2D eigenvalue weighted by Crippen LogP contribution is -2.51. The molecule has 0 aliphatic rings. The van der Waals surface area contributed by atoms with E-state index in [0.717, 1.165) is 6.42 Å². The summed E-state index contributed by atoms with van der Waals surface area (Å²) >= 11 is 0. The van der Waals surface area contributed by atoms with Gasteiger partial charge in [0.2, 0.25) is 17.7 Å². The van der Waals surface area contributed by atoms with Gasteiger partial charge in [-0.3, -0.25) is 19.2 Å². The van der Waals surface area contributed by atoms with Gasteiger partial charge < -0.3 is 21.3 Å². The maximum absolute atomic E-state index is 12.5. The first-order chi connectivity index (χ1) is 14.5. The van der Waals surface area contributed by atoms with Crippen LogP contribution in [-0.2, 0) is 19.2 Å². The molecule has 0 saturated carbocycles. The lowest BCUT2D eigenvalue weighted by Gasteiger charge is -2.23. The van der Waals surface area contributed by atoms with Crippen molar-refractivity contribution in [2.45, 2.75) is 98.7 Å². The number of hydrogen-bond acceptors (Lipinski definition) is 5. The van der Waals surface area contributed by atoms with Crippen molar-refractivity contribution in [2.24, 2.45) is 11.8 Å². The molecule has 0 bridgehead atoms. The van der Waals surface area contributed by atoms with Crippen molar-refractivity contribution >= 4 is 23.5 Å². The second-order valence-corrected chi connectivity index (χ2v) is 9.10. The molecule has 0 heterocycles. The quantitative estimate of drug-likeness (QED) is 0.274. The van der Waals surface area contributed by atoms with E-state index in [0.29, 0.717) is 38.1 Å². The summed E-state index contributed by atoms with van der Waals surface area (Å²) < 4.78 is 0. The molecule has 8 nitrogen and oxygen atoms in total. The van der Waals surface area contributed by atoms with Gasteiger partial charge >= 0.3 is 0 Å². The average Bonchev–Trinajstić information content (AvgIpc) is 2.68. The summed E-state index contributed by atoms with van der Waals surface area (Å²) in [6.45, 7) is 13.8. The van der Waals surface area contributed by atoms with E-state index in [1.54, 1.807) is 20.8 Å². The molecule has 0 radical (unpaired) electrons. The Morgan fingerprint density at radius 2 is 1.45 bits per heavy atom. The highest BCUT2D eigenvalue weighted by Crippen LogP contribution is 2.08. The molecule has 0 unspecified atom stereocenters. The fourth-order valence-electron chi connectivity index (χ4n) is 3.17. The van der Waals surface area contributed by atoms with Gasteiger partial charge in [-0.1, -0.05) is 48.5 Å². The molecular weight excluding hydrogens is 396 g/mol. The molecule has 2 atom stereocenters. The molecule has 0 saturated heterocycles. The Bertz CT molecular complexity index is 566. The minimum atomic E-state index is -0.591. The second-order valence-electron chi connectivity index (χ2n) is 9.10. The third-order valence-corrected chi connectivity index (χ3v) is 4.79. The Morgan fingerprint density at radius 1 is 0.806 bits per heavy atom. The highest BCUT2D eigenvalue weighted by Gasteiger charge is 2.24. The highest BCUT2D eigenvalue weighted by atomic mass is 16.2. The number of carbonyl (C=O) groups excluding carboxylic acids is 4. The summed E-state index contributed by atoms with van der Waals surface area (Å²) in [6, 6.07) is -0.802. The van der Waals surface area contributed by atoms with Crippen LogP contribution in [0.25, 0.3) is 0 Å². The molecule has 8 heteroatoms. The van der Waals surface area contributed by atoms with Crippen molar-refractivity contribution < 1.29 is 19.2 Å². The molecular formula is C23H44N4O4. The van der Waals surface area contributed by atoms with Gasteiger partial charge in [0, 0.05) is 24.9 Å². The summed E-state index contributed by atoms with van der Waals surface area (Å²) in [5.74, 6) is -0.482. The number of rotatable bonds is 16.